The topological polar surface area (TPSA) is 46.9 Å². The monoisotopic (exact) mass is 353 g/mol. The van der Waals surface area contributed by atoms with Crippen LogP contribution >= 0.6 is 0 Å². The number of aryl methyl sites for hydroxylation is 1. The summed E-state index contributed by atoms with van der Waals surface area (Å²) in [5.74, 6) is -0.193. The molecule has 103 valence electrons. The summed E-state index contributed by atoms with van der Waals surface area (Å²) in [5.41, 5.74) is 3.10. The van der Waals surface area contributed by atoms with Gasteiger partial charge >= 0.3 is 0 Å². The Morgan fingerprint density at radius 3 is 2.62 bits per heavy atom. The summed E-state index contributed by atoms with van der Waals surface area (Å²) < 4.78 is 1.55. The Kier molecular flexibility index (Phi) is 4.81. The molecule has 0 fully saturated rings. The molecule has 2 heterocycles. The van der Waals surface area contributed by atoms with E-state index in [1.54, 1.807) is 16.8 Å². The maximum absolute atomic E-state index is 12.3. The van der Waals surface area contributed by atoms with E-state index in [1.165, 1.54) is 0 Å². The third kappa shape index (κ3) is 3.17. The van der Waals surface area contributed by atoms with E-state index < -0.39 is 0 Å². The molecule has 3 aromatic rings. The molecule has 21 heavy (non-hydrogen) atoms. The van der Waals surface area contributed by atoms with E-state index in [0.717, 1.165) is 16.6 Å². The summed E-state index contributed by atoms with van der Waals surface area (Å²) in [7, 11) is 3.88. The minimum Gasteiger partial charge on any atom is -0.462 e. The van der Waals surface area contributed by atoms with Crippen molar-refractivity contribution < 1.29 is 37.5 Å². The van der Waals surface area contributed by atoms with Gasteiger partial charge in [-0.05, 0) is 30.5 Å². The summed E-state index contributed by atoms with van der Waals surface area (Å²) >= 11 is 0. The van der Waals surface area contributed by atoms with Crippen molar-refractivity contribution in [3.8, 4) is 0 Å². The van der Waals surface area contributed by atoms with Crippen LogP contribution in [0.3, 0.4) is 0 Å². The SMILES string of the molecule is [CH2-]n1c(C(=O)Nc2ccc(C)cc2)cc2cccnc21.[Y]. The average molecular weight is 353 g/mol. The molecule has 1 radical (unpaired) electrons. The van der Waals surface area contributed by atoms with E-state index in [-0.39, 0.29) is 38.6 Å². The molecule has 0 bridgehead atoms. The summed E-state index contributed by atoms with van der Waals surface area (Å²) in [6.07, 6.45) is 1.69. The van der Waals surface area contributed by atoms with Crippen molar-refractivity contribution in [1.29, 1.82) is 0 Å². The Morgan fingerprint density at radius 2 is 1.95 bits per heavy atom. The molecular formula is C16H14N3OY-. The van der Waals surface area contributed by atoms with Crippen molar-refractivity contribution in [2.45, 2.75) is 6.92 Å². The molecule has 0 saturated carbocycles. The van der Waals surface area contributed by atoms with Gasteiger partial charge in [0.2, 0.25) is 5.91 Å². The quantitative estimate of drug-likeness (QED) is 0.719. The van der Waals surface area contributed by atoms with E-state index in [1.807, 2.05) is 43.3 Å². The van der Waals surface area contributed by atoms with Gasteiger partial charge in [-0.1, -0.05) is 29.8 Å². The second kappa shape index (κ2) is 6.41. The van der Waals surface area contributed by atoms with Gasteiger partial charge in [0.1, 0.15) is 0 Å². The van der Waals surface area contributed by atoms with E-state index in [4.69, 9.17) is 0 Å². The van der Waals surface area contributed by atoms with Gasteiger partial charge in [-0.3, -0.25) is 4.79 Å². The van der Waals surface area contributed by atoms with Crippen LogP contribution in [0.4, 0.5) is 5.69 Å². The second-order valence-electron chi connectivity index (χ2n) is 4.69. The number of carbonyl (C=O) groups excluding carboxylic acids is 1. The van der Waals surface area contributed by atoms with Crippen molar-refractivity contribution in [1.82, 2.24) is 9.55 Å². The molecule has 0 aliphatic rings. The number of pyridine rings is 1. The van der Waals surface area contributed by atoms with Crippen LogP contribution in [0.1, 0.15) is 16.1 Å². The molecule has 4 nitrogen and oxygen atoms in total. The standard InChI is InChI=1S/C16H14N3O.Y/c1-11-5-7-13(8-6-11)18-16(20)14-10-12-4-3-9-17-15(12)19(14)2;/h3-10H,2H2,1H3,(H,18,20);/q-1;. The van der Waals surface area contributed by atoms with Crippen LogP contribution in [0, 0.1) is 14.0 Å². The number of rotatable bonds is 2. The Balaban J connectivity index is 0.00000161. The molecule has 0 saturated heterocycles. The van der Waals surface area contributed by atoms with Crippen LogP contribution in [0.15, 0.2) is 48.7 Å². The number of benzene rings is 1. The fourth-order valence-electron chi connectivity index (χ4n) is 2.11. The molecular weight excluding hydrogens is 339 g/mol. The van der Waals surface area contributed by atoms with Gasteiger partial charge in [-0.25, -0.2) is 0 Å². The number of carbonyl (C=O) groups is 1. The first-order valence-electron chi connectivity index (χ1n) is 6.30. The number of aromatic nitrogens is 2. The molecule has 0 atom stereocenters. The Labute approximate surface area is 148 Å². The smallest absolute Gasteiger partial charge is 0.216 e. The van der Waals surface area contributed by atoms with Crippen molar-refractivity contribution in [3.05, 3.63) is 67.0 Å². The molecule has 0 unspecified atom stereocenters. The van der Waals surface area contributed by atoms with Gasteiger partial charge in [0.15, 0.2) is 0 Å². The molecule has 1 amide bonds. The van der Waals surface area contributed by atoms with Gasteiger partial charge in [-0.2, -0.15) is 0 Å². The zero-order chi connectivity index (χ0) is 14.1. The van der Waals surface area contributed by atoms with E-state index in [0.29, 0.717) is 11.3 Å². The van der Waals surface area contributed by atoms with E-state index in [2.05, 4.69) is 17.3 Å². The van der Waals surface area contributed by atoms with Crippen LogP contribution in [0.2, 0.25) is 0 Å². The number of anilines is 1. The summed E-state index contributed by atoms with van der Waals surface area (Å²) in [6.45, 7) is 2.01. The molecule has 3 rings (SSSR count). The number of nitrogens with one attached hydrogen (secondary N) is 1. The van der Waals surface area contributed by atoms with Crippen molar-refractivity contribution in [2.75, 3.05) is 5.32 Å². The molecule has 2 aromatic heterocycles. The van der Waals surface area contributed by atoms with Gasteiger partial charge in [-0.15, -0.1) is 7.05 Å². The first-order valence-corrected chi connectivity index (χ1v) is 6.30. The van der Waals surface area contributed by atoms with Crippen LogP contribution in [-0.4, -0.2) is 15.5 Å². The van der Waals surface area contributed by atoms with Crippen molar-refractivity contribution in [2.24, 2.45) is 0 Å². The number of hydrogen-bond acceptors (Lipinski definition) is 2. The Morgan fingerprint density at radius 1 is 1.24 bits per heavy atom. The fraction of sp³-hybridized carbons (Fsp3) is 0.0625. The first kappa shape index (κ1) is 15.7. The largest absolute Gasteiger partial charge is 0.462 e. The van der Waals surface area contributed by atoms with Crippen LogP contribution in [0.5, 0.6) is 0 Å². The molecule has 0 aliphatic carbocycles. The van der Waals surface area contributed by atoms with Gasteiger partial charge < -0.3 is 14.9 Å². The van der Waals surface area contributed by atoms with Crippen molar-refractivity contribution >= 4 is 22.6 Å². The predicted octanol–water partition coefficient (Wildman–Crippen LogP) is 3.23. The van der Waals surface area contributed by atoms with Crippen molar-refractivity contribution in [3.63, 3.8) is 0 Å². The van der Waals surface area contributed by atoms with E-state index in [9.17, 15) is 4.79 Å². The third-order valence-electron chi connectivity index (χ3n) is 3.20. The Bertz CT molecular complexity index is 778. The number of hydrogen-bond donors (Lipinski definition) is 1. The molecule has 1 N–H and O–H groups in total. The predicted molar refractivity (Wildman–Crippen MR) is 79.6 cm³/mol. The number of fused-ring (bicyclic) bond motifs is 1. The molecule has 0 aliphatic heterocycles. The van der Waals surface area contributed by atoms with Crippen LogP contribution in [-0.2, 0) is 32.7 Å². The minimum atomic E-state index is -0.193. The molecule has 0 spiro atoms. The summed E-state index contributed by atoms with van der Waals surface area (Å²) in [6, 6.07) is 13.2. The normalized spacial score (nSPS) is 10.1. The zero-order valence-electron chi connectivity index (χ0n) is 11.7. The second-order valence-corrected chi connectivity index (χ2v) is 4.69. The number of amides is 1. The van der Waals surface area contributed by atoms with Gasteiger partial charge in [0, 0.05) is 55.9 Å². The first-order chi connectivity index (χ1) is 9.65. The maximum Gasteiger partial charge on any atom is 0.216 e. The summed E-state index contributed by atoms with van der Waals surface area (Å²) in [4.78, 5) is 16.5. The summed E-state index contributed by atoms with van der Waals surface area (Å²) in [5, 5.41) is 3.76. The van der Waals surface area contributed by atoms with Crippen LogP contribution in [0.25, 0.3) is 11.0 Å². The fourth-order valence-corrected chi connectivity index (χ4v) is 2.11. The molecule has 1 aromatic carbocycles. The average Bonchev–Trinajstić information content (AvgIpc) is 2.79. The number of nitrogens with zero attached hydrogens (tertiary/aromatic N) is 2. The van der Waals surface area contributed by atoms with Crippen LogP contribution < -0.4 is 5.32 Å². The maximum atomic E-state index is 12.3. The zero-order valence-corrected chi connectivity index (χ0v) is 14.5. The Hall–Kier alpha value is -1.65. The van der Waals surface area contributed by atoms with Gasteiger partial charge in [0.05, 0.1) is 0 Å². The third-order valence-corrected chi connectivity index (χ3v) is 3.20. The molecule has 5 heteroatoms. The van der Waals surface area contributed by atoms with Gasteiger partial charge in [0.25, 0.3) is 0 Å². The minimum absolute atomic E-state index is 0. The van der Waals surface area contributed by atoms with E-state index >= 15 is 0 Å².